The van der Waals surface area contributed by atoms with Gasteiger partial charge in [0.05, 0.1) is 6.26 Å². The van der Waals surface area contributed by atoms with Crippen LogP contribution >= 0.6 is 0 Å². The van der Waals surface area contributed by atoms with Gasteiger partial charge >= 0.3 is 0 Å². The van der Waals surface area contributed by atoms with Gasteiger partial charge in [0, 0.05) is 31.4 Å². The molecule has 24 heavy (non-hydrogen) atoms. The van der Waals surface area contributed by atoms with Crippen LogP contribution in [0.2, 0.25) is 0 Å². The topological polar surface area (TPSA) is 105 Å². The van der Waals surface area contributed by atoms with Gasteiger partial charge < -0.3 is 20.2 Å². The first kappa shape index (κ1) is 16.4. The Bertz CT molecular complexity index is 674. The zero-order valence-corrected chi connectivity index (χ0v) is 13.5. The molecule has 1 aliphatic heterocycles. The number of carbonyl (C=O) groups excluding carboxylic acids is 1. The third kappa shape index (κ3) is 3.56. The molecular weight excluding hydrogens is 308 g/mol. The van der Waals surface area contributed by atoms with E-state index in [0.717, 1.165) is 25.7 Å². The maximum atomic E-state index is 12.9. The third-order valence-electron chi connectivity index (χ3n) is 4.43. The molecule has 2 aromatic heterocycles. The van der Waals surface area contributed by atoms with Crippen LogP contribution in [-0.4, -0.2) is 38.5 Å². The minimum Gasteiger partial charge on any atom is -0.467 e. The second-order valence-corrected chi connectivity index (χ2v) is 6.06. The van der Waals surface area contributed by atoms with E-state index in [1.807, 2.05) is 0 Å². The summed E-state index contributed by atoms with van der Waals surface area (Å²) in [5.74, 6) is 0.432. The van der Waals surface area contributed by atoms with Crippen LogP contribution in [0.3, 0.4) is 0 Å². The molecule has 128 valence electrons. The van der Waals surface area contributed by atoms with Gasteiger partial charge in [0.1, 0.15) is 11.9 Å². The van der Waals surface area contributed by atoms with Crippen molar-refractivity contribution in [2.75, 3.05) is 12.3 Å². The molecule has 7 nitrogen and oxygen atoms in total. The quantitative estimate of drug-likeness (QED) is 0.890. The van der Waals surface area contributed by atoms with E-state index in [9.17, 15) is 9.90 Å². The number of aromatic nitrogens is 2. The summed E-state index contributed by atoms with van der Waals surface area (Å²) in [5, 5.41) is 10.4. The van der Waals surface area contributed by atoms with E-state index in [1.54, 1.807) is 17.0 Å². The number of hydrogen-bond acceptors (Lipinski definition) is 6. The van der Waals surface area contributed by atoms with Gasteiger partial charge in [-0.05, 0) is 25.0 Å². The molecular formula is C17H22N4O3. The Morgan fingerprint density at radius 2 is 2.21 bits per heavy atom. The fraction of sp³-hybridized carbons (Fsp3) is 0.471. The van der Waals surface area contributed by atoms with Crippen LogP contribution in [0, 0.1) is 0 Å². The molecule has 3 N–H and O–H groups in total. The lowest BCUT2D eigenvalue weighted by Crippen LogP contribution is -2.41. The third-order valence-corrected chi connectivity index (χ3v) is 4.43. The summed E-state index contributed by atoms with van der Waals surface area (Å²) < 4.78 is 5.27. The van der Waals surface area contributed by atoms with E-state index >= 15 is 0 Å². The van der Waals surface area contributed by atoms with Gasteiger partial charge in [0.25, 0.3) is 5.91 Å². The largest absolute Gasteiger partial charge is 0.467 e. The van der Waals surface area contributed by atoms with Crippen molar-refractivity contribution in [1.29, 1.82) is 0 Å². The van der Waals surface area contributed by atoms with Gasteiger partial charge in [-0.3, -0.25) is 4.79 Å². The second kappa shape index (κ2) is 7.44. The van der Waals surface area contributed by atoms with E-state index in [-0.39, 0.29) is 23.5 Å². The number of hydrogen-bond donors (Lipinski definition) is 2. The van der Waals surface area contributed by atoms with Gasteiger partial charge in [0.2, 0.25) is 0 Å². The number of nitrogens with two attached hydrogens (primary N) is 1. The van der Waals surface area contributed by atoms with Crippen molar-refractivity contribution in [3.05, 3.63) is 42.2 Å². The van der Waals surface area contributed by atoms with Crippen LogP contribution in [0.25, 0.3) is 0 Å². The average molecular weight is 330 g/mol. The lowest BCUT2D eigenvalue weighted by molar-refractivity contribution is 0.0553. The first-order valence-electron chi connectivity index (χ1n) is 8.25. The maximum absolute atomic E-state index is 12.9. The van der Waals surface area contributed by atoms with Crippen LogP contribution in [0.15, 0.2) is 35.2 Å². The minimum atomic E-state index is -0.738. The Balaban J connectivity index is 1.80. The molecule has 2 aromatic rings. The fourth-order valence-electron chi connectivity index (χ4n) is 3.19. The molecule has 1 saturated heterocycles. The number of amides is 1. The monoisotopic (exact) mass is 330 g/mol. The summed E-state index contributed by atoms with van der Waals surface area (Å²) in [6, 6.07) is 3.41. The number of aliphatic hydroxyl groups excluding tert-OH is 1. The molecule has 2 atom stereocenters. The van der Waals surface area contributed by atoms with Gasteiger partial charge in [0.15, 0.2) is 11.5 Å². The molecule has 1 fully saturated rings. The first-order chi connectivity index (χ1) is 11.7. The highest BCUT2D eigenvalue weighted by Gasteiger charge is 2.30. The van der Waals surface area contributed by atoms with Gasteiger partial charge in [-0.2, -0.15) is 0 Å². The highest BCUT2D eigenvalue weighted by molar-refractivity contribution is 5.96. The summed E-state index contributed by atoms with van der Waals surface area (Å²) in [4.78, 5) is 22.7. The van der Waals surface area contributed by atoms with Gasteiger partial charge in [-0.1, -0.05) is 12.8 Å². The number of rotatable bonds is 4. The van der Waals surface area contributed by atoms with E-state index in [2.05, 4.69) is 9.97 Å². The molecule has 0 aliphatic carbocycles. The van der Waals surface area contributed by atoms with Gasteiger partial charge in [-0.15, -0.1) is 0 Å². The Labute approximate surface area is 140 Å². The summed E-state index contributed by atoms with van der Waals surface area (Å²) in [6.45, 7) is 0.629. The van der Waals surface area contributed by atoms with Crippen molar-refractivity contribution in [1.82, 2.24) is 14.9 Å². The number of nitrogens with zero attached hydrogens (tertiary/aromatic N) is 3. The summed E-state index contributed by atoms with van der Waals surface area (Å²) >= 11 is 0. The minimum absolute atomic E-state index is 0.0819. The van der Waals surface area contributed by atoms with Crippen molar-refractivity contribution in [3.63, 3.8) is 0 Å². The van der Waals surface area contributed by atoms with Crippen LogP contribution in [-0.2, 0) is 0 Å². The normalized spacial score (nSPS) is 19.7. The predicted octanol–water partition coefficient (Wildman–Crippen LogP) is 2.16. The van der Waals surface area contributed by atoms with Crippen LogP contribution in [0.4, 0.5) is 5.82 Å². The smallest absolute Gasteiger partial charge is 0.276 e. The number of furan rings is 1. The van der Waals surface area contributed by atoms with Crippen LogP contribution in [0.5, 0.6) is 0 Å². The molecule has 0 radical (unpaired) electrons. The van der Waals surface area contributed by atoms with E-state index in [1.165, 1.54) is 18.7 Å². The number of likely N-dealkylation sites (tertiary alicyclic amines) is 1. The summed E-state index contributed by atoms with van der Waals surface area (Å²) in [7, 11) is 0. The summed E-state index contributed by atoms with van der Waals surface area (Å²) in [5.41, 5.74) is 5.98. The number of aliphatic hydroxyl groups is 1. The van der Waals surface area contributed by atoms with Crippen molar-refractivity contribution in [3.8, 4) is 0 Å². The summed E-state index contributed by atoms with van der Waals surface area (Å²) in [6.07, 6.45) is 8.01. The zero-order chi connectivity index (χ0) is 16.9. The van der Waals surface area contributed by atoms with Crippen LogP contribution < -0.4 is 5.73 Å². The molecule has 1 amide bonds. The number of anilines is 1. The average Bonchev–Trinajstić information content (AvgIpc) is 3.03. The maximum Gasteiger partial charge on any atom is 0.276 e. The highest BCUT2D eigenvalue weighted by Crippen LogP contribution is 2.28. The van der Waals surface area contributed by atoms with E-state index < -0.39 is 6.10 Å². The Morgan fingerprint density at radius 3 is 2.96 bits per heavy atom. The van der Waals surface area contributed by atoms with Crippen molar-refractivity contribution in [2.45, 2.75) is 44.2 Å². The number of nitrogen functional groups attached to an aromatic ring is 1. The number of carbonyl (C=O) groups is 1. The molecule has 1 aliphatic rings. The molecule has 3 rings (SSSR count). The lowest BCUT2D eigenvalue weighted by Gasteiger charge is -2.31. The molecule has 0 saturated carbocycles. The molecule has 0 unspecified atom stereocenters. The van der Waals surface area contributed by atoms with E-state index in [0.29, 0.717) is 18.7 Å². The Morgan fingerprint density at radius 1 is 1.38 bits per heavy atom. The molecule has 3 heterocycles. The Hall–Kier alpha value is -2.41. The first-order valence-corrected chi connectivity index (χ1v) is 8.25. The molecule has 0 spiro atoms. The highest BCUT2D eigenvalue weighted by atomic mass is 16.4. The zero-order valence-electron chi connectivity index (χ0n) is 13.5. The van der Waals surface area contributed by atoms with Gasteiger partial charge in [-0.25, -0.2) is 9.97 Å². The molecule has 0 bridgehead atoms. The SMILES string of the molecule is Nc1nccnc1C(=O)N1CCCCC[C@H]1C[C@@H](O)c1ccco1. The predicted molar refractivity (Wildman–Crippen MR) is 88.0 cm³/mol. The van der Waals surface area contributed by atoms with E-state index in [4.69, 9.17) is 10.2 Å². The second-order valence-electron chi connectivity index (χ2n) is 6.06. The Kier molecular flexibility index (Phi) is 5.10. The fourth-order valence-corrected chi connectivity index (χ4v) is 3.19. The molecule has 0 aromatic carbocycles. The van der Waals surface area contributed by atoms with Crippen molar-refractivity contribution < 1.29 is 14.3 Å². The van der Waals surface area contributed by atoms with Crippen LogP contribution in [0.1, 0.15) is 54.5 Å². The van der Waals surface area contributed by atoms with Crippen molar-refractivity contribution >= 4 is 11.7 Å². The standard InChI is InChI=1S/C17H22N4O3/c18-16-15(19-7-8-20-16)17(23)21-9-3-1-2-5-12(21)11-13(22)14-6-4-10-24-14/h4,6-8,10,12-13,22H,1-3,5,9,11H2,(H2,18,20)/t12-,13+/m0/s1. The van der Waals surface area contributed by atoms with Crippen molar-refractivity contribution in [2.24, 2.45) is 0 Å². The lowest BCUT2D eigenvalue weighted by atomic mass is 10.0. The molecule has 7 heteroatoms.